The second kappa shape index (κ2) is 18.4. The predicted molar refractivity (Wildman–Crippen MR) is 195 cm³/mol. The van der Waals surface area contributed by atoms with Crippen LogP contribution in [0.4, 0.5) is 0 Å². The van der Waals surface area contributed by atoms with Crippen molar-refractivity contribution in [3.05, 3.63) is 86.8 Å². The number of rotatable bonds is 20. The monoisotopic (exact) mass is 663 g/mol. The summed E-state index contributed by atoms with van der Waals surface area (Å²) in [6.45, 7) is 15.2. The smallest absolute Gasteiger partial charge is 0.257 e. The minimum absolute atomic E-state index is 0.0366. The van der Waals surface area contributed by atoms with E-state index < -0.39 is 0 Å². The van der Waals surface area contributed by atoms with E-state index in [-0.39, 0.29) is 22.3 Å². The van der Waals surface area contributed by atoms with E-state index in [2.05, 4.69) is 65.1 Å². The Kier molecular flexibility index (Phi) is 15.1. The quantitative estimate of drug-likeness (QED) is 0.0747. The van der Waals surface area contributed by atoms with Crippen molar-refractivity contribution in [1.82, 2.24) is 14.9 Å². The molecule has 0 aliphatic heterocycles. The van der Waals surface area contributed by atoms with Crippen LogP contribution in [0.25, 0.3) is 0 Å². The molecule has 0 aliphatic rings. The maximum Gasteiger partial charge on any atom is 0.257 e. The Bertz CT molecular complexity index is 1480. The van der Waals surface area contributed by atoms with Crippen LogP contribution < -0.4 is 15.6 Å². The van der Waals surface area contributed by atoms with Crippen molar-refractivity contribution < 1.29 is 14.3 Å². The van der Waals surface area contributed by atoms with Gasteiger partial charge in [-0.3, -0.25) is 14.2 Å². The van der Waals surface area contributed by atoms with E-state index in [1.54, 1.807) is 30.5 Å². The number of carbonyl (C=O) groups excluding carboxylic acids is 1. The summed E-state index contributed by atoms with van der Waals surface area (Å²) < 4.78 is 13.3. The van der Waals surface area contributed by atoms with Crippen molar-refractivity contribution in [1.29, 1.82) is 0 Å². The van der Waals surface area contributed by atoms with Gasteiger partial charge in [0, 0.05) is 50.4 Å². The molecule has 7 nitrogen and oxygen atoms in total. The highest BCUT2D eigenvalue weighted by Crippen LogP contribution is 2.38. The summed E-state index contributed by atoms with van der Waals surface area (Å²) in [7, 11) is 3.39. The molecule has 0 fully saturated rings. The van der Waals surface area contributed by atoms with Crippen LogP contribution in [0.15, 0.2) is 58.5 Å². The van der Waals surface area contributed by atoms with Crippen LogP contribution >= 0.6 is 11.8 Å². The maximum atomic E-state index is 13.2. The predicted octanol–water partition coefficient (Wildman–Crippen LogP) is 8.13. The summed E-state index contributed by atoms with van der Waals surface area (Å²) >= 11 is 1.55. The molecule has 3 rings (SSSR count). The van der Waals surface area contributed by atoms with Gasteiger partial charge in [0.1, 0.15) is 5.75 Å². The Hall–Kier alpha value is -3.10. The number of thioether (sulfide) groups is 1. The summed E-state index contributed by atoms with van der Waals surface area (Å²) in [5.41, 5.74) is 5.19. The lowest BCUT2D eigenvalue weighted by atomic mass is 9.76. The average Bonchev–Trinajstić information content (AvgIpc) is 3.06. The van der Waals surface area contributed by atoms with Gasteiger partial charge in [-0.2, -0.15) is 0 Å². The number of methoxy groups -OCH3 is 1. The van der Waals surface area contributed by atoms with E-state index in [1.165, 1.54) is 11.1 Å². The first-order valence-electron chi connectivity index (χ1n) is 17.2. The Morgan fingerprint density at radius 3 is 2.36 bits per heavy atom. The molecule has 0 saturated carbocycles. The average molecular weight is 664 g/mol. The second-order valence-corrected chi connectivity index (χ2v) is 14.7. The van der Waals surface area contributed by atoms with E-state index in [0.29, 0.717) is 49.0 Å². The van der Waals surface area contributed by atoms with Crippen LogP contribution in [0, 0.1) is 0 Å². The van der Waals surface area contributed by atoms with E-state index in [1.807, 2.05) is 30.3 Å². The molecule has 3 aromatic rings. The summed E-state index contributed by atoms with van der Waals surface area (Å²) in [5, 5.41) is 3.73. The number of hydrogen-bond donors (Lipinski definition) is 1. The fourth-order valence-electron chi connectivity index (χ4n) is 5.31. The van der Waals surface area contributed by atoms with Crippen molar-refractivity contribution in [2.75, 3.05) is 26.0 Å². The van der Waals surface area contributed by atoms with Gasteiger partial charge in [0.25, 0.3) is 5.56 Å². The molecule has 0 bridgehead atoms. The highest BCUT2D eigenvalue weighted by Gasteiger charge is 2.26. The van der Waals surface area contributed by atoms with Crippen molar-refractivity contribution in [2.45, 2.75) is 116 Å². The van der Waals surface area contributed by atoms with Crippen LogP contribution in [-0.2, 0) is 40.4 Å². The molecule has 0 radical (unpaired) electrons. The Morgan fingerprint density at radius 1 is 0.957 bits per heavy atom. The number of nitrogens with zero attached hydrogens (tertiary/aromatic N) is 2. The number of benzene rings is 2. The minimum atomic E-state index is -0.0395. The number of amides is 1. The van der Waals surface area contributed by atoms with Crippen LogP contribution in [0.2, 0.25) is 0 Å². The normalized spacial score (nSPS) is 11.9. The molecule has 0 atom stereocenters. The number of aromatic nitrogens is 2. The van der Waals surface area contributed by atoms with Crippen LogP contribution in [0.1, 0.15) is 114 Å². The number of unbranched alkanes of at least 4 members (excludes halogenated alkanes) is 2. The SMILES string of the molecule is CCC(C)(C)c1ccc(OCCCCNC(=O)CCCCSc2nc(COC)c(Cc3ccccc3)c(=O)n2C)c(C(C)(C)CC)c1. The lowest BCUT2D eigenvalue weighted by Crippen LogP contribution is -2.27. The molecule has 2 aromatic carbocycles. The van der Waals surface area contributed by atoms with Crippen LogP contribution in [0.5, 0.6) is 5.75 Å². The van der Waals surface area contributed by atoms with Crippen molar-refractivity contribution in [3.8, 4) is 5.75 Å². The first-order valence-corrected chi connectivity index (χ1v) is 18.2. The van der Waals surface area contributed by atoms with E-state index in [4.69, 9.17) is 14.5 Å². The molecule has 258 valence electrons. The standard InChI is InChI=1S/C39H57N3O4S/c1-9-38(3,4)30-21-22-34(32(27-30)39(5,6)10-2)46-24-16-15-23-40-35(43)20-14-17-25-47-37-41-33(28-45-8)31(36(44)42(37)7)26-29-18-12-11-13-19-29/h11-13,18-19,21-22,27H,9-10,14-17,20,23-26,28H2,1-8H3,(H,40,43). The highest BCUT2D eigenvalue weighted by molar-refractivity contribution is 7.99. The summed E-state index contributed by atoms with van der Waals surface area (Å²) in [5.74, 6) is 1.83. The molecule has 0 saturated heterocycles. The summed E-state index contributed by atoms with van der Waals surface area (Å²) in [6.07, 6.45) is 6.54. The van der Waals surface area contributed by atoms with Gasteiger partial charge in [-0.15, -0.1) is 0 Å². The molecular weight excluding hydrogens is 607 g/mol. The number of carbonyl (C=O) groups is 1. The third kappa shape index (κ3) is 11.2. The zero-order valence-electron chi connectivity index (χ0n) is 30.0. The van der Waals surface area contributed by atoms with Gasteiger partial charge in [-0.25, -0.2) is 4.98 Å². The minimum Gasteiger partial charge on any atom is -0.493 e. The lowest BCUT2D eigenvalue weighted by Gasteiger charge is -2.30. The second-order valence-electron chi connectivity index (χ2n) is 13.7. The zero-order valence-corrected chi connectivity index (χ0v) is 30.9. The largest absolute Gasteiger partial charge is 0.493 e. The van der Waals surface area contributed by atoms with Gasteiger partial charge < -0.3 is 14.8 Å². The van der Waals surface area contributed by atoms with Gasteiger partial charge in [0.15, 0.2) is 5.16 Å². The first kappa shape index (κ1) is 38.3. The van der Waals surface area contributed by atoms with Gasteiger partial charge in [0.2, 0.25) is 5.91 Å². The van der Waals surface area contributed by atoms with Crippen molar-refractivity contribution in [2.24, 2.45) is 7.05 Å². The molecule has 1 heterocycles. The Morgan fingerprint density at radius 2 is 1.68 bits per heavy atom. The van der Waals surface area contributed by atoms with E-state index in [0.717, 1.165) is 55.6 Å². The molecule has 1 N–H and O–H groups in total. The molecule has 0 aliphatic carbocycles. The third-order valence-corrected chi connectivity index (χ3v) is 10.5. The maximum absolute atomic E-state index is 13.2. The van der Waals surface area contributed by atoms with Gasteiger partial charge in [-0.05, 0) is 66.5 Å². The van der Waals surface area contributed by atoms with Crippen molar-refractivity contribution in [3.63, 3.8) is 0 Å². The number of ether oxygens (including phenoxy) is 2. The third-order valence-electron chi connectivity index (χ3n) is 9.37. The van der Waals surface area contributed by atoms with E-state index >= 15 is 0 Å². The Labute approximate surface area is 287 Å². The van der Waals surface area contributed by atoms with E-state index in [9.17, 15) is 9.59 Å². The van der Waals surface area contributed by atoms with Crippen LogP contribution in [0.3, 0.4) is 0 Å². The molecule has 1 aromatic heterocycles. The van der Waals surface area contributed by atoms with Crippen molar-refractivity contribution >= 4 is 17.7 Å². The highest BCUT2D eigenvalue weighted by atomic mass is 32.2. The van der Waals surface area contributed by atoms with Crippen LogP contribution in [-0.4, -0.2) is 41.5 Å². The summed E-state index contributed by atoms with van der Waals surface area (Å²) in [6, 6.07) is 16.7. The lowest BCUT2D eigenvalue weighted by molar-refractivity contribution is -0.121. The molecule has 0 spiro atoms. The fraction of sp³-hybridized carbons (Fsp3) is 0.564. The molecule has 1 amide bonds. The topological polar surface area (TPSA) is 82.5 Å². The van der Waals surface area contributed by atoms with Gasteiger partial charge in [0.05, 0.1) is 18.9 Å². The van der Waals surface area contributed by atoms with Gasteiger partial charge >= 0.3 is 0 Å². The number of hydrogen-bond acceptors (Lipinski definition) is 6. The molecule has 8 heteroatoms. The fourth-order valence-corrected chi connectivity index (χ4v) is 6.29. The molecule has 47 heavy (non-hydrogen) atoms. The van der Waals surface area contributed by atoms with Gasteiger partial charge in [-0.1, -0.05) is 95.8 Å². The molecule has 0 unspecified atom stereocenters. The molecular formula is C39H57N3O4S. The first-order chi connectivity index (χ1) is 22.4. The Balaban J connectivity index is 1.39. The zero-order chi connectivity index (χ0) is 34.5. The summed E-state index contributed by atoms with van der Waals surface area (Å²) in [4.78, 5) is 30.4. The number of nitrogens with one attached hydrogen (secondary N) is 1.